The lowest BCUT2D eigenvalue weighted by Crippen LogP contribution is -2.40. The number of benzene rings is 2. The number of para-hydroxylation sites is 1. The molecule has 1 aliphatic rings. The Kier molecular flexibility index (Phi) is 7.76. The Labute approximate surface area is 191 Å². The molecule has 3 rings (SSSR count). The molecule has 2 N–H and O–H groups in total. The van der Waals surface area contributed by atoms with Crippen molar-refractivity contribution in [3.8, 4) is 0 Å². The molecule has 2 unspecified atom stereocenters. The van der Waals surface area contributed by atoms with Crippen molar-refractivity contribution >= 4 is 17.5 Å². The van der Waals surface area contributed by atoms with Crippen molar-refractivity contribution in [2.45, 2.75) is 38.1 Å². The fraction of sp³-hybridized carbons (Fsp3) is 0.417. The van der Waals surface area contributed by atoms with Crippen molar-refractivity contribution in [1.29, 1.82) is 0 Å². The fourth-order valence-electron chi connectivity index (χ4n) is 4.07. The summed E-state index contributed by atoms with van der Waals surface area (Å²) in [6, 6.07) is 11.4. The lowest BCUT2D eigenvalue weighted by molar-refractivity contribution is -0.138. The van der Waals surface area contributed by atoms with Crippen LogP contribution in [0.3, 0.4) is 0 Å². The van der Waals surface area contributed by atoms with E-state index in [0.29, 0.717) is 37.3 Å². The van der Waals surface area contributed by atoms with Gasteiger partial charge in [0.15, 0.2) is 0 Å². The zero-order chi connectivity index (χ0) is 24.2. The number of nitrogens with zero attached hydrogens (tertiary/aromatic N) is 2. The highest BCUT2D eigenvalue weighted by Crippen LogP contribution is 2.31. The maximum absolute atomic E-state index is 13.1. The molecule has 0 spiro atoms. The Morgan fingerprint density at radius 2 is 1.94 bits per heavy atom. The van der Waals surface area contributed by atoms with Gasteiger partial charge in [-0.15, -0.1) is 0 Å². The quantitative estimate of drug-likeness (QED) is 0.660. The van der Waals surface area contributed by atoms with Crippen LogP contribution in [0.15, 0.2) is 48.5 Å². The van der Waals surface area contributed by atoms with E-state index in [-0.39, 0.29) is 23.8 Å². The smallest absolute Gasteiger partial charge is 0.392 e. The third kappa shape index (κ3) is 6.55. The normalized spacial score (nSPS) is 17.6. The maximum atomic E-state index is 13.1. The molecule has 0 aromatic heterocycles. The van der Waals surface area contributed by atoms with Crippen LogP contribution in [0.1, 0.15) is 36.1 Å². The minimum atomic E-state index is -4.48. The molecule has 0 radical (unpaired) electrons. The lowest BCUT2D eigenvalue weighted by atomic mass is 10.0. The minimum Gasteiger partial charge on any atom is -0.392 e. The highest BCUT2D eigenvalue weighted by atomic mass is 19.4. The molecular formula is C24H28F3N3O3. The van der Waals surface area contributed by atoms with Crippen LogP contribution in [0, 0.1) is 0 Å². The number of hydrogen-bond donors (Lipinski definition) is 2. The number of likely N-dealkylation sites (tertiary alicyclic amines) is 1. The van der Waals surface area contributed by atoms with Crippen LogP contribution in [0.5, 0.6) is 0 Å². The number of likely N-dealkylation sites (N-methyl/N-ethyl adjacent to an activating group) is 1. The van der Waals surface area contributed by atoms with Crippen molar-refractivity contribution in [2.24, 2.45) is 0 Å². The molecule has 0 aliphatic carbocycles. The van der Waals surface area contributed by atoms with Gasteiger partial charge in [-0.05, 0) is 29.7 Å². The second kappa shape index (κ2) is 10.4. The van der Waals surface area contributed by atoms with E-state index in [4.69, 9.17) is 0 Å². The molecule has 9 heteroatoms. The molecule has 2 amide bonds. The summed E-state index contributed by atoms with van der Waals surface area (Å²) in [5, 5.41) is 12.7. The number of β-amino-alcohol motifs (C(OH)–C–C–N with tert-alkyl or cyclic N) is 1. The number of aliphatic hydroxyl groups excluding tert-OH is 1. The fourth-order valence-corrected chi connectivity index (χ4v) is 4.07. The number of hydrogen-bond acceptors (Lipinski definition) is 4. The molecule has 33 heavy (non-hydrogen) atoms. The highest BCUT2D eigenvalue weighted by molar-refractivity contribution is 5.90. The van der Waals surface area contributed by atoms with E-state index in [1.807, 2.05) is 11.0 Å². The van der Waals surface area contributed by atoms with Gasteiger partial charge in [0, 0.05) is 39.3 Å². The zero-order valence-corrected chi connectivity index (χ0v) is 18.6. The van der Waals surface area contributed by atoms with Gasteiger partial charge in [-0.2, -0.15) is 13.2 Å². The predicted molar refractivity (Wildman–Crippen MR) is 118 cm³/mol. The van der Waals surface area contributed by atoms with Crippen LogP contribution in [-0.2, 0) is 22.2 Å². The molecule has 6 nitrogen and oxygen atoms in total. The topological polar surface area (TPSA) is 72.9 Å². The van der Waals surface area contributed by atoms with Crippen molar-refractivity contribution < 1.29 is 27.9 Å². The number of aliphatic hydroxyl groups is 1. The second-order valence-corrected chi connectivity index (χ2v) is 8.37. The maximum Gasteiger partial charge on any atom is 0.416 e. The average molecular weight is 464 g/mol. The average Bonchev–Trinajstić information content (AvgIpc) is 3.16. The van der Waals surface area contributed by atoms with Crippen LogP contribution in [0.25, 0.3) is 0 Å². The molecule has 0 bridgehead atoms. The summed E-state index contributed by atoms with van der Waals surface area (Å²) in [6.45, 7) is 2.94. The highest BCUT2D eigenvalue weighted by Gasteiger charge is 2.32. The number of amides is 2. The van der Waals surface area contributed by atoms with Gasteiger partial charge in [0.2, 0.25) is 11.8 Å². The van der Waals surface area contributed by atoms with Crippen LogP contribution in [0.2, 0.25) is 0 Å². The third-order valence-electron chi connectivity index (χ3n) is 5.78. The predicted octanol–water partition coefficient (Wildman–Crippen LogP) is 3.47. The molecule has 1 aliphatic heterocycles. The van der Waals surface area contributed by atoms with E-state index in [0.717, 1.165) is 12.1 Å². The molecule has 1 heterocycles. The number of carbonyl (C=O) groups excluding carboxylic acids is 2. The molecule has 0 saturated carbocycles. The first-order valence-corrected chi connectivity index (χ1v) is 10.7. The number of halogens is 3. The monoisotopic (exact) mass is 463 g/mol. The summed E-state index contributed by atoms with van der Waals surface area (Å²) < 4.78 is 39.2. The first-order chi connectivity index (χ1) is 15.5. The van der Waals surface area contributed by atoms with E-state index in [2.05, 4.69) is 5.32 Å². The van der Waals surface area contributed by atoms with Crippen molar-refractivity contribution in [3.05, 3.63) is 65.2 Å². The number of nitrogens with one attached hydrogen (secondary N) is 1. The van der Waals surface area contributed by atoms with Gasteiger partial charge in [-0.25, -0.2) is 0 Å². The SMILES string of the molecule is CC(=O)Nc1ccccc1C(CN1CCC(O)C1)N(C)C(=O)Cc1cccc(C(F)(F)F)c1. The molecule has 2 atom stereocenters. The Morgan fingerprint density at radius 3 is 2.58 bits per heavy atom. The third-order valence-corrected chi connectivity index (χ3v) is 5.78. The van der Waals surface area contributed by atoms with Crippen molar-refractivity contribution in [2.75, 3.05) is 32.0 Å². The lowest BCUT2D eigenvalue weighted by Gasteiger charge is -2.33. The van der Waals surface area contributed by atoms with Crippen LogP contribution < -0.4 is 5.32 Å². The Hall–Kier alpha value is -2.91. The molecule has 2 aromatic rings. The summed E-state index contributed by atoms with van der Waals surface area (Å²) >= 11 is 0. The van der Waals surface area contributed by atoms with Crippen molar-refractivity contribution in [1.82, 2.24) is 9.80 Å². The van der Waals surface area contributed by atoms with Crippen LogP contribution in [0.4, 0.5) is 18.9 Å². The number of rotatable bonds is 7. The van der Waals surface area contributed by atoms with Gasteiger partial charge in [0.1, 0.15) is 0 Å². The first kappa shape index (κ1) is 24.7. The van der Waals surface area contributed by atoms with E-state index < -0.39 is 23.9 Å². The van der Waals surface area contributed by atoms with Gasteiger partial charge in [0.25, 0.3) is 0 Å². The second-order valence-electron chi connectivity index (χ2n) is 8.37. The minimum absolute atomic E-state index is 0.193. The van der Waals surface area contributed by atoms with Crippen LogP contribution in [-0.4, -0.2) is 59.5 Å². The van der Waals surface area contributed by atoms with Gasteiger partial charge in [-0.1, -0.05) is 36.4 Å². The summed E-state index contributed by atoms with van der Waals surface area (Å²) in [4.78, 5) is 28.4. The summed E-state index contributed by atoms with van der Waals surface area (Å²) in [6.07, 6.45) is -4.49. The standard InChI is InChI=1S/C24H28F3N3O3/c1-16(31)28-21-9-4-3-8-20(21)22(15-30-11-10-19(32)14-30)29(2)23(33)13-17-6-5-7-18(12-17)24(25,26)27/h3-9,12,19,22,32H,10-11,13-15H2,1-2H3,(H,28,31). The first-order valence-electron chi connectivity index (χ1n) is 10.7. The van der Waals surface area contributed by atoms with Crippen molar-refractivity contribution in [3.63, 3.8) is 0 Å². The van der Waals surface area contributed by atoms with Gasteiger partial charge < -0.3 is 15.3 Å². The van der Waals surface area contributed by atoms with E-state index in [1.165, 1.54) is 24.0 Å². The molecular weight excluding hydrogens is 435 g/mol. The Balaban J connectivity index is 1.87. The van der Waals surface area contributed by atoms with Crippen LogP contribution >= 0.6 is 0 Å². The van der Waals surface area contributed by atoms with Gasteiger partial charge in [0.05, 0.1) is 24.1 Å². The van der Waals surface area contributed by atoms with E-state index in [1.54, 1.807) is 25.2 Å². The van der Waals surface area contributed by atoms with Gasteiger partial charge in [-0.3, -0.25) is 14.5 Å². The zero-order valence-electron chi connectivity index (χ0n) is 18.6. The number of alkyl halides is 3. The summed E-state index contributed by atoms with van der Waals surface area (Å²) in [5.74, 6) is -0.604. The van der Waals surface area contributed by atoms with E-state index in [9.17, 15) is 27.9 Å². The number of anilines is 1. The molecule has 1 saturated heterocycles. The molecule has 178 valence electrons. The van der Waals surface area contributed by atoms with E-state index >= 15 is 0 Å². The Morgan fingerprint density at radius 1 is 1.21 bits per heavy atom. The summed E-state index contributed by atoms with van der Waals surface area (Å²) in [7, 11) is 1.61. The van der Waals surface area contributed by atoms with Gasteiger partial charge >= 0.3 is 6.18 Å². The molecule has 1 fully saturated rings. The number of carbonyl (C=O) groups is 2. The Bertz CT molecular complexity index is 996. The summed E-state index contributed by atoms with van der Waals surface area (Å²) in [5.41, 5.74) is 0.753. The molecule has 2 aromatic carbocycles. The largest absolute Gasteiger partial charge is 0.416 e.